The maximum atomic E-state index is 14.5. The molecule has 2 aromatic rings. The maximum absolute atomic E-state index is 14.5. The largest absolute Gasteiger partial charge is 0.481 e. The molecule has 3 saturated carbocycles. The quantitative estimate of drug-likeness (QED) is 0.304. The second kappa shape index (κ2) is 11.8. The Morgan fingerprint density at radius 3 is 2.14 bits per heavy atom. The number of rotatable bonds is 8. The first kappa shape index (κ1) is 30.9. The molecule has 1 spiro atoms. The van der Waals surface area contributed by atoms with Crippen molar-refractivity contribution in [3.05, 3.63) is 50.8 Å². The number of amides is 1. The lowest BCUT2D eigenvalue weighted by Gasteiger charge is -2.33. The summed E-state index contributed by atoms with van der Waals surface area (Å²) in [6, 6.07) is 2.47. The van der Waals surface area contributed by atoms with E-state index < -0.39 is 53.6 Å². The summed E-state index contributed by atoms with van der Waals surface area (Å²) in [5.74, 6) is -3.01. The van der Waals surface area contributed by atoms with Crippen LogP contribution in [0.25, 0.3) is 0 Å². The molecule has 1 aromatic carbocycles. The number of nitrogens with zero attached hydrogens (tertiary/aromatic N) is 3. The lowest BCUT2D eigenvalue weighted by Crippen LogP contribution is -2.41. The number of Topliss-reactive ketones (excluding diaryl/α,β-unsaturated/α-hetero) is 1. The predicted octanol–water partition coefficient (Wildman–Crippen LogP) is 7.63. The van der Waals surface area contributed by atoms with Crippen molar-refractivity contribution >= 4 is 40.9 Å². The number of hydrogen-bond donors (Lipinski definition) is 1. The lowest BCUT2D eigenvalue weighted by molar-refractivity contribution is -0.147. The summed E-state index contributed by atoms with van der Waals surface area (Å²) in [6.45, 7) is 1.42. The van der Waals surface area contributed by atoms with Crippen LogP contribution in [0.5, 0.6) is 0 Å². The lowest BCUT2D eigenvalue weighted by atomic mass is 9.79. The van der Waals surface area contributed by atoms with E-state index in [1.165, 1.54) is 17.7 Å². The number of carbonyl (C=O) groups excluding carboxylic acids is 2. The van der Waals surface area contributed by atoms with E-state index in [9.17, 15) is 32.7 Å². The Morgan fingerprint density at radius 1 is 1.02 bits per heavy atom. The van der Waals surface area contributed by atoms with Crippen LogP contribution in [0.4, 0.5) is 13.2 Å². The highest BCUT2D eigenvalue weighted by Gasteiger charge is 2.46. The zero-order chi connectivity index (χ0) is 30.4. The summed E-state index contributed by atoms with van der Waals surface area (Å²) >= 11 is 12.7. The first-order valence-electron chi connectivity index (χ1n) is 14.4. The fourth-order valence-corrected chi connectivity index (χ4v) is 7.52. The number of ketones is 1. The molecule has 7 nitrogen and oxygen atoms in total. The van der Waals surface area contributed by atoms with Gasteiger partial charge in [-0.05, 0) is 100 Å². The van der Waals surface area contributed by atoms with Gasteiger partial charge in [0.1, 0.15) is 0 Å². The van der Waals surface area contributed by atoms with Crippen LogP contribution in [0.3, 0.4) is 0 Å². The van der Waals surface area contributed by atoms with Crippen molar-refractivity contribution in [1.29, 1.82) is 0 Å². The van der Waals surface area contributed by atoms with Crippen LogP contribution in [-0.2, 0) is 11.0 Å². The summed E-state index contributed by atoms with van der Waals surface area (Å²) in [6.07, 6.45) is 2.95. The summed E-state index contributed by atoms with van der Waals surface area (Å²) < 4.78 is 44.4. The van der Waals surface area contributed by atoms with Crippen LogP contribution >= 0.6 is 23.2 Å². The molecule has 1 heterocycles. The van der Waals surface area contributed by atoms with E-state index in [1.54, 1.807) is 19.1 Å². The van der Waals surface area contributed by atoms with Crippen LogP contribution in [0.1, 0.15) is 102 Å². The molecule has 1 aromatic heterocycles. The number of aryl methyl sites for hydroxylation is 1. The molecule has 0 atom stereocenters. The molecule has 228 valence electrons. The van der Waals surface area contributed by atoms with Gasteiger partial charge in [0.25, 0.3) is 5.91 Å². The zero-order valence-electron chi connectivity index (χ0n) is 23.4. The number of carboxylic acid groups (broad SMARTS) is 1. The molecule has 0 bridgehead atoms. The molecule has 0 unspecified atom stereocenters. The fourth-order valence-electron chi connectivity index (χ4n) is 6.71. The molecule has 1 amide bonds. The van der Waals surface area contributed by atoms with Gasteiger partial charge in [0.15, 0.2) is 11.5 Å². The molecule has 12 heteroatoms. The predicted molar refractivity (Wildman–Crippen MR) is 151 cm³/mol. The average molecular weight is 629 g/mol. The fraction of sp³-hybridized carbons (Fsp3) is 0.600. The van der Waals surface area contributed by atoms with Gasteiger partial charge in [-0.2, -0.15) is 18.3 Å². The third-order valence-electron chi connectivity index (χ3n) is 9.37. The van der Waals surface area contributed by atoms with Gasteiger partial charge in [-0.15, -0.1) is 0 Å². The van der Waals surface area contributed by atoms with Crippen LogP contribution < -0.4 is 0 Å². The van der Waals surface area contributed by atoms with Gasteiger partial charge in [-0.3, -0.25) is 19.1 Å². The maximum Gasteiger partial charge on any atom is 0.433 e. The molecule has 0 aliphatic heterocycles. The van der Waals surface area contributed by atoms with E-state index in [0.717, 1.165) is 42.1 Å². The average Bonchev–Trinajstić information content (AvgIpc) is 3.50. The number of alkyl halides is 3. The van der Waals surface area contributed by atoms with Crippen molar-refractivity contribution in [1.82, 2.24) is 14.7 Å². The number of aromatic nitrogens is 2. The molecule has 0 radical (unpaired) electrons. The smallest absolute Gasteiger partial charge is 0.433 e. The number of carbonyl (C=O) groups is 3. The van der Waals surface area contributed by atoms with Gasteiger partial charge >= 0.3 is 12.1 Å². The number of aliphatic carboxylic acids is 1. The number of halogens is 5. The van der Waals surface area contributed by atoms with Crippen molar-refractivity contribution in [3.8, 4) is 0 Å². The van der Waals surface area contributed by atoms with E-state index in [1.807, 2.05) is 0 Å². The molecule has 3 fully saturated rings. The zero-order valence-corrected chi connectivity index (χ0v) is 24.9. The third-order valence-corrected chi connectivity index (χ3v) is 9.97. The van der Waals surface area contributed by atoms with Crippen LogP contribution in [0, 0.1) is 24.2 Å². The van der Waals surface area contributed by atoms with Crippen LogP contribution in [0.15, 0.2) is 18.3 Å². The highest BCUT2D eigenvalue weighted by atomic mass is 35.5. The molecule has 42 heavy (non-hydrogen) atoms. The second-order valence-electron chi connectivity index (χ2n) is 12.3. The van der Waals surface area contributed by atoms with Crippen molar-refractivity contribution in [3.63, 3.8) is 0 Å². The summed E-state index contributed by atoms with van der Waals surface area (Å²) in [5, 5.41) is 13.5. The van der Waals surface area contributed by atoms with Gasteiger partial charge in [-0.1, -0.05) is 23.2 Å². The summed E-state index contributed by atoms with van der Waals surface area (Å²) in [7, 11) is 0. The molecular weight excluding hydrogens is 594 g/mol. The van der Waals surface area contributed by atoms with Gasteiger partial charge in [0, 0.05) is 6.54 Å². The van der Waals surface area contributed by atoms with E-state index in [-0.39, 0.29) is 53.8 Å². The number of carboxylic acids is 1. The van der Waals surface area contributed by atoms with Crippen molar-refractivity contribution < 1.29 is 32.7 Å². The minimum absolute atomic E-state index is 0.0317. The first-order chi connectivity index (χ1) is 19.8. The Bertz CT molecular complexity index is 1350. The van der Waals surface area contributed by atoms with Gasteiger partial charge in [0.2, 0.25) is 0 Å². The van der Waals surface area contributed by atoms with Gasteiger partial charge < -0.3 is 10.0 Å². The number of hydrogen-bond acceptors (Lipinski definition) is 4. The van der Waals surface area contributed by atoms with E-state index >= 15 is 0 Å². The summed E-state index contributed by atoms with van der Waals surface area (Å²) in [4.78, 5) is 39.9. The SMILES string of the molecule is Cc1cc(Cl)c(C(=O)CN(CC2CCC3(CC2)CC3)C(=O)c2cnn([C@H]3CC[C@H](C(=O)O)CC3)c2C(F)(F)F)c(Cl)c1. The van der Waals surface area contributed by atoms with Crippen molar-refractivity contribution in [2.24, 2.45) is 17.3 Å². The van der Waals surface area contributed by atoms with Gasteiger partial charge in [-0.25, -0.2) is 0 Å². The number of benzene rings is 1. The van der Waals surface area contributed by atoms with Gasteiger partial charge in [0.05, 0.1) is 45.9 Å². The Labute approximate surface area is 252 Å². The standard InChI is InChI=1S/C30H34Cl2F3N3O4/c1-17-12-22(31)25(23(32)13-17)24(39)16-37(15-18-6-8-29(9-7-18)10-11-29)27(40)21-14-36-38(26(21)30(33,34)35)20-4-2-19(3-5-20)28(41)42/h12-14,18-20H,2-11,15-16H2,1H3,(H,41,42)/t19-,20-. The normalized spacial score (nSPS) is 22.2. The van der Waals surface area contributed by atoms with Crippen molar-refractivity contribution in [2.75, 3.05) is 13.1 Å². The van der Waals surface area contributed by atoms with E-state index in [4.69, 9.17) is 23.2 Å². The molecular formula is C30H34Cl2F3N3O4. The Balaban J connectivity index is 1.44. The summed E-state index contributed by atoms with van der Waals surface area (Å²) in [5.41, 5.74) is -0.634. The monoisotopic (exact) mass is 627 g/mol. The second-order valence-corrected chi connectivity index (χ2v) is 13.2. The third kappa shape index (κ3) is 6.49. The molecule has 0 saturated heterocycles. The topological polar surface area (TPSA) is 92.5 Å². The minimum Gasteiger partial charge on any atom is -0.481 e. The highest BCUT2D eigenvalue weighted by molar-refractivity contribution is 6.40. The minimum atomic E-state index is -4.90. The van der Waals surface area contributed by atoms with Crippen LogP contribution in [0.2, 0.25) is 10.0 Å². The Kier molecular flexibility index (Phi) is 8.69. The van der Waals surface area contributed by atoms with E-state index in [0.29, 0.717) is 5.41 Å². The molecule has 5 rings (SSSR count). The van der Waals surface area contributed by atoms with E-state index in [2.05, 4.69) is 5.10 Å². The molecule has 3 aliphatic rings. The van der Waals surface area contributed by atoms with Crippen LogP contribution in [-0.4, -0.2) is 50.5 Å². The Hall–Kier alpha value is -2.59. The molecule has 3 aliphatic carbocycles. The van der Waals surface area contributed by atoms with Crippen molar-refractivity contribution in [2.45, 2.75) is 83.4 Å². The first-order valence-corrected chi connectivity index (χ1v) is 15.2. The highest BCUT2D eigenvalue weighted by Crippen LogP contribution is 2.57. The molecule has 1 N–H and O–H groups in total. The Morgan fingerprint density at radius 2 is 1.62 bits per heavy atom.